The molecule has 19 heavy (non-hydrogen) atoms. The number of carbonyl (C=O) groups excluding carboxylic acids is 1. The van der Waals surface area contributed by atoms with Crippen LogP contribution in [-0.2, 0) is 9.53 Å². The molecule has 1 aliphatic rings. The summed E-state index contributed by atoms with van der Waals surface area (Å²) in [5, 5.41) is 14.3. The summed E-state index contributed by atoms with van der Waals surface area (Å²) in [5.41, 5.74) is -0.248. The summed E-state index contributed by atoms with van der Waals surface area (Å²) in [6, 6.07) is 2.90. The molecule has 1 aliphatic heterocycles. The minimum atomic E-state index is -1.38. The van der Waals surface area contributed by atoms with Crippen molar-refractivity contribution in [3.8, 4) is 0 Å². The van der Waals surface area contributed by atoms with Gasteiger partial charge in [0.2, 0.25) is 5.91 Å². The molecule has 1 aromatic carbocycles. The van der Waals surface area contributed by atoms with Crippen LogP contribution in [0.15, 0.2) is 18.2 Å². The number of carbonyl (C=O) groups is 2. The molecule has 1 unspecified atom stereocenters. The summed E-state index contributed by atoms with van der Waals surface area (Å²) in [5.74, 6) is -2.57. The van der Waals surface area contributed by atoms with Gasteiger partial charge in [0.25, 0.3) is 0 Å². The molecular weight excluding hydrogens is 255 g/mol. The van der Waals surface area contributed by atoms with Gasteiger partial charge in [0, 0.05) is 12.2 Å². The van der Waals surface area contributed by atoms with Crippen molar-refractivity contribution in [1.82, 2.24) is 5.32 Å². The molecule has 0 radical (unpaired) electrons. The maximum Gasteiger partial charge on any atom is 0.338 e. The van der Waals surface area contributed by atoms with Gasteiger partial charge in [-0.2, -0.15) is 0 Å². The number of hydrogen-bond acceptors (Lipinski definition) is 4. The molecule has 0 aliphatic carbocycles. The lowest BCUT2D eigenvalue weighted by Gasteiger charge is -2.22. The third-order valence-electron chi connectivity index (χ3n) is 2.70. The Hall–Kier alpha value is -1.99. The van der Waals surface area contributed by atoms with Gasteiger partial charge in [0.05, 0.1) is 18.8 Å². The van der Waals surface area contributed by atoms with E-state index in [-0.39, 0.29) is 18.2 Å². The SMILES string of the molecule is O=C(O)c1cc(NC(=O)C2COCCN2)ccc1F. The number of morpholine rings is 1. The topological polar surface area (TPSA) is 87.7 Å². The minimum Gasteiger partial charge on any atom is -0.478 e. The first-order valence-electron chi connectivity index (χ1n) is 5.73. The number of nitrogens with one attached hydrogen (secondary N) is 2. The fourth-order valence-electron chi connectivity index (χ4n) is 1.73. The molecule has 0 saturated carbocycles. The van der Waals surface area contributed by atoms with Crippen LogP contribution in [0.1, 0.15) is 10.4 Å². The van der Waals surface area contributed by atoms with Crippen molar-refractivity contribution in [2.75, 3.05) is 25.1 Å². The number of carboxylic acids is 1. The Morgan fingerprint density at radius 3 is 2.89 bits per heavy atom. The van der Waals surface area contributed by atoms with Crippen molar-refractivity contribution in [2.45, 2.75) is 6.04 Å². The quantitative estimate of drug-likeness (QED) is 0.741. The number of hydrogen-bond donors (Lipinski definition) is 3. The van der Waals surface area contributed by atoms with Crippen LogP contribution in [0.25, 0.3) is 0 Å². The monoisotopic (exact) mass is 268 g/mol. The number of halogens is 1. The maximum atomic E-state index is 13.2. The van der Waals surface area contributed by atoms with Crippen molar-refractivity contribution in [3.63, 3.8) is 0 Å². The van der Waals surface area contributed by atoms with E-state index in [0.29, 0.717) is 13.2 Å². The van der Waals surface area contributed by atoms with E-state index in [1.165, 1.54) is 6.07 Å². The van der Waals surface area contributed by atoms with Crippen LogP contribution in [-0.4, -0.2) is 42.8 Å². The molecule has 0 bridgehead atoms. The molecular formula is C12H13FN2O4. The molecule has 1 saturated heterocycles. The molecule has 1 amide bonds. The van der Waals surface area contributed by atoms with E-state index in [1.807, 2.05) is 0 Å². The van der Waals surface area contributed by atoms with Crippen LogP contribution in [0.3, 0.4) is 0 Å². The number of rotatable bonds is 3. The number of anilines is 1. The van der Waals surface area contributed by atoms with Crippen LogP contribution in [0.5, 0.6) is 0 Å². The Bertz CT molecular complexity index is 501. The molecule has 0 aromatic heterocycles. The second-order valence-corrected chi connectivity index (χ2v) is 4.07. The lowest BCUT2D eigenvalue weighted by atomic mass is 10.1. The molecule has 1 fully saturated rings. The summed E-state index contributed by atoms with van der Waals surface area (Å²) < 4.78 is 18.3. The average molecular weight is 268 g/mol. The van der Waals surface area contributed by atoms with E-state index in [2.05, 4.69) is 10.6 Å². The van der Waals surface area contributed by atoms with E-state index in [0.717, 1.165) is 12.1 Å². The average Bonchev–Trinajstić information content (AvgIpc) is 2.41. The molecule has 3 N–H and O–H groups in total. The third-order valence-corrected chi connectivity index (χ3v) is 2.70. The minimum absolute atomic E-state index is 0.233. The van der Waals surface area contributed by atoms with E-state index < -0.39 is 23.4 Å². The van der Waals surface area contributed by atoms with Gasteiger partial charge in [-0.1, -0.05) is 0 Å². The largest absolute Gasteiger partial charge is 0.478 e. The number of amides is 1. The molecule has 2 rings (SSSR count). The van der Waals surface area contributed by atoms with Crippen LogP contribution in [0, 0.1) is 5.82 Å². The highest BCUT2D eigenvalue weighted by atomic mass is 19.1. The number of benzene rings is 1. The van der Waals surface area contributed by atoms with Crippen LogP contribution in [0.4, 0.5) is 10.1 Å². The first-order chi connectivity index (χ1) is 9.08. The first kappa shape index (κ1) is 13.4. The van der Waals surface area contributed by atoms with E-state index in [1.54, 1.807) is 0 Å². The molecule has 102 valence electrons. The lowest BCUT2D eigenvalue weighted by molar-refractivity contribution is -0.120. The van der Waals surface area contributed by atoms with E-state index in [9.17, 15) is 14.0 Å². The van der Waals surface area contributed by atoms with Gasteiger partial charge in [-0.25, -0.2) is 9.18 Å². The second-order valence-electron chi connectivity index (χ2n) is 4.07. The predicted molar refractivity (Wildman–Crippen MR) is 64.6 cm³/mol. The predicted octanol–water partition coefficient (Wildman–Crippen LogP) is 0.451. The van der Waals surface area contributed by atoms with Crippen molar-refractivity contribution >= 4 is 17.6 Å². The molecule has 1 atom stereocenters. The Morgan fingerprint density at radius 1 is 1.47 bits per heavy atom. The van der Waals surface area contributed by atoms with Gasteiger partial charge in [0.15, 0.2) is 0 Å². The zero-order valence-corrected chi connectivity index (χ0v) is 9.98. The van der Waals surface area contributed by atoms with Crippen LogP contribution in [0.2, 0.25) is 0 Å². The van der Waals surface area contributed by atoms with Gasteiger partial charge < -0.3 is 20.5 Å². The summed E-state index contributed by atoms with van der Waals surface area (Å²) >= 11 is 0. The van der Waals surface area contributed by atoms with Gasteiger partial charge in [0.1, 0.15) is 11.9 Å². The zero-order valence-electron chi connectivity index (χ0n) is 9.98. The molecule has 7 heteroatoms. The number of carboxylic acid groups (broad SMARTS) is 1. The lowest BCUT2D eigenvalue weighted by Crippen LogP contribution is -2.48. The van der Waals surface area contributed by atoms with Gasteiger partial charge in [-0.05, 0) is 18.2 Å². The van der Waals surface area contributed by atoms with E-state index in [4.69, 9.17) is 9.84 Å². The van der Waals surface area contributed by atoms with Crippen molar-refractivity contribution < 1.29 is 23.8 Å². The Labute approximate surface area is 108 Å². The smallest absolute Gasteiger partial charge is 0.338 e. The Balaban J connectivity index is 2.08. The summed E-state index contributed by atoms with van der Waals surface area (Å²) in [7, 11) is 0. The molecule has 0 spiro atoms. The normalized spacial score (nSPS) is 18.9. The van der Waals surface area contributed by atoms with Crippen LogP contribution < -0.4 is 10.6 Å². The number of ether oxygens (including phenoxy) is 1. The maximum absolute atomic E-state index is 13.2. The first-order valence-corrected chi connectivity index (χ1v) is 5.73. The fourth-order valence-corrected chi connectivity index (χ4v) is 1.73. The Morgan fingerprint density at radius 2 is 2.26 bits per heavy atom. The molecule has 1 aromatic rings. The van der Waals surface area contributed by atoms with Crippen molar-refractivity contribution in [3.05, 3.63) is 29.6 Å². The Kier molecular flexibility index (Phi) is 4.08. The van der Waals surface area contributed by atoms with Gasteiger partial charge in [-0.3, -0.25) is 4.79 Å². The highest BCUT2D eigenvalue weighted by Gasteiger charge is 2.21. The standard InChI is InChI=1S/C12H13FN2O4/c13-9-2-1-7(5-8(9)12(17)18)15-11(16)10-6-19-4-3-14-10/h1-2,5,10,14H,3-4,6H2,(H,15,16)(H,17,18). The van der Waals surface area contributed by atoms with Crippen molar-refractivity contribution in [1.29, 1.82) is 0 Å². The molecule has 6 nitrogen and oxygen atoms in total. The highest BCUT2D eigenvalue weighted by molar-refractivity contribution is 5.96. The van der Waals surface area contributed by atoms with Crippen molar-refractivity contribution in [2.24, 2.45) is 0 Å². The fraction of sp³-hybridized carbons (Fsp3) is 0.333. The van der Waals surface area contributed by atoms with Crippen LogP contribution >= 0.6 is 0 Å². The highest BCUT2D eigenvalue weighted by Crippen LogP contribution is 2.15. The van der Waals surface area contributed by atoms with Gasteiger partial charge in [-0.15, -0.1) is 0 Å². The second kappa shape index (κ2) is 5.77. The summed E-state index contributed by atoms with van der Waals surface area (Å²) in [6.45, 7) is 1.37. The zero-order chi connectivity index (χ0) is 13.8. The summed E-state index contributed by atoms with van der Waals surface area (Å²) in [6.07, 6.45) is 0. The summed E-state index contributed by atoms with van der Waals surface area (Å²) in [4.78, 5) is 22.6. The molecule has 1 heterocycles. The van der Waals surface area contributed by atoms with Gasteiger partial charge >= 0.3 is 5.97 Å². The number of aromatic carboxylic acids is 1. The van der Waals surface area contributed by atoms with E-state index >= 15 is 0 Å². The third kappa shape index (κ3) is 3.27.